The van der Waals surface area contributed by atoms with Crippen molar-refractivity contribution in [2.24, 2.45) is 4.99 Å². The van der Waals surface area contributed by atoms with Crippen LogP contribution in [0.15, 0.2) is 47.7 Å². The van der Waals surface area contributed by atoms with E-state index < -0.39 is 67.1 Å². The van der Waals surface area contributed by atoms with E-state index in [2.05, 4.69) is 19.4 Å². The Morgan fingerprint density at radius 1 is 1.02 bits per heavy atom. The largest absolute Gasteiger partial charge is 0.511 e. The maximum atomic E-state index is 15.3. The van der Waals surface area contributed by atoms with Crippen molar-refractivity contribution in [3.8, 4) is 5.69 Å². The number of aliphatic hydroxyl groups is 1. The van der Waals surface area contributed by atoms with Gasteiger partial charge >= 0.3 is 30.0 Å². The topological polar surface area (TPSA) is 237 Å². The van der Waals surface area contributed by atoms with Gasteiger partial charge in [0.1, 0.15) is 17.7 Å². The van der Waals surface area contributed by atoms with Crippen LogP contribution >= 0.6 is 11.6 Å². The van der Waals surface area contributed by atoms with E-state index in [9.17, 15) is 24.0 Å². The molecule has 1 aliphatic rings. The molecule has 48 heavy (non-hydrogen) atoms. The lowest BCUT2D eigenvalue weighted by Gasteiger charge is -2.18. The first-order valence-corrected chi connectivity index (χ1v) is 14.4. The van der Waals surface area contributed by atoms with Crippen LogP contribution in [0, 0.1) is 12.7 Å². The summed E-state index contributed by atoms with van der Waals surface area (Å²) in [6.07, 6.45) is 0.166. The third-order valence-electron chi connectivity index (χ3n) is 6.53. The number of hydrogen-bond acceptors (Lipinski definition) is 12. The fraction of sp³-hybridized carbons (Fsp3) is 0.333. The fourth-order valence-electron chi connectivity index (χ4n) is 4.48. The predicted molar refractivity (Wildman–Crippen MR) is 161 cm³/mol. The van der Waals surface area contributed by atoms with Crippen LogP contribution in [0.3, 0.4) is 0 Å². The molecule has 4 N–H and O–H groups in total. The zero-order valence-electron chi connectivity index (χ0n) is 25.5. The molecular weight excluding hydrogens is 663 g/mol. The van der Waals surface area contributed by atoms with E-state index in [1.165, 1.54) is 6.07 Å². The van der Waals surface area contributed by atoms with Gasteiger partial charge in [0.05, 0.1) is 36.5 Å². The number of aryl methyl sites for hydroxylation is 1. The minimum absolute atomic E-state index is 0.0542. The molecule has 0 saturated carbocycles. The number of carboxylic acid groups (broad SMARTS) is 3. The van der Waals surface area contributed by atoms with Gasteiger partial charge in [0.15, 0.2) is 5.60 Å². The van der Waals surface area contributed by atoms with Crippen LogP contribution in [0.1, 0.15) is 61.4 Å². The molecule has 256 valence electrons. The van der Waals surface area contributed by atoms with Crippen molar-refractivity contribution in [2.75, 3.05) is 13.4 Å². The molecule has 0 fully saturated rings. The van der Waals surface area contributed by atoms with Crippen LogP contribution in [0.2, 0.25) is 5.02 Å². The summed E-state index contributed by atoms with van der Waals surface area (Å²) in [5.41, 5.74) is -0.376. The highest BCUT2D eigenvalue weighted by molar-refractivity contribution is 6.31. The third kappa shape index (κ3) is 9.55. The molecule has 0 amide bonds. The van der Waals surface area contributed by atoms with Gasteiger partial charge in [-0.25, -0.2) is 19.0 Å². The molecule has 3 aromatic rings. The molecule has 0 saturated heterocycles. The van der Waals surface area contributed by atoms with Crippen molar-refractivity contribution in [1.29, 1.82) is 0 Å². The van der Waals surface area contributed by atoms with E-state index in [-0.39, 0.29) is 30.2 Å². The number of ether oxygens (including phenoxy) is 3. The molecule has 0 spiro atoms. The number of aliphatic carboxylic acids is 3. The molecular formula is C30H30ClFN4O12. The van der Waals surface area contributed by atoms with Gasteiger partial charge in [-0.05, 0) is 44.5 Å². The summed E-state index contributed by atoms with van der Waals surface area (Å²) in [7, 11) is 0. The molecule has 1 aromatic carbocycles. The van der Waals surface area contributed by atoms with Gasteiger partial charge in [-0.1, -0.05) is 17.7 Å². The molecule has 0 radical (unpaired) electrons. The number of benzene rings is 1. The van der Waals surface area contributed by atoms with E-state index >= 15 is 4.39 Å². The maximum absolute atomic E-state index is 15.3. The number of imidazole rings is 1. The Bertz CT molecular complexity index is 1700. The molecule has 3 heterocycles. The van der Waals surface area contributed by atoms with Gasteiger partial charge in [0.25, 0.3) is 0 Å². The number of aromatic nitrogens is 3. The molecule has 4 rings (SSSR count). The lowest BCUT2D eigenvalue weighted by atomic mass is 9.96. The SMILES string of the molecule is CCOC(=O)OCOC(=O)CC[C@@H]1N=C(c2ccccn2)c2cc(Cl)cc(F)c2-n2c(C)cnc21.O=C(O)CC(O)(CC(=O)O)C(=O)O. The number of fused-ring (bicyclic) bond motifs is 3. The van der Waals surface area contributed by atoms with E-state index in [4.69, 9.17) is 41.8 Å². The standard InChI is InChI=1S/C24H22ClFN4O5.C6H8O7/c1-3-33-24(32)35-13-34-20(31)8-7-19-23-28-12-14(2)30(23)22-16(10-15(25)11-17(22)26)21(29-19)18-6-4-5-9-27-18;7-3(8)1-6(13,5(11)12)2-4(9)10/h4-6,9-12,19H,3,7-8,13H2,1-2H3;13H,1-2H2,(H,7,8)(H,9,10)(H,11,12)/t19-;/m0./s1. The number of carboxylic acids is 3. The number of nitrogens with zero attached hydrogens (tertiary/aromatic N) is 4. The number of halogens is 2. The number of esters is 1. The van der Waals surface area contributed by atoms with E-state index in [1.807, 2.05) is 0 Å². The molecule has 16 nitrogen and oxygen atoms in total. The Labute approximate surface area is 276 Å². The van der Waals surface area contributed by atoms with Crippen LogP contribution in [0.4, 0.5) is 9.18 Å². The van der Waals surface area contributed by atoms with Crippen molar-refractivity contribution in [2.45, 2.75) is 51.2 Å². The second kappa shape index (κ2) is 16.4. The Balaban J connectivity index is 0.000000408. The summed E-state index contributed by atoms with van der Waals surface area (Å²) in [5.74, 6) is -5.69. The number of hydrogen-bond donors (Lipinski definition) is 4. The zero-order valence-corrected chi connectivity index (χ0v) is 26.2. The maximum Gasteiger partial charge on any atom is 0.511 e. The van der Waals surface area contributed by atoms with Gasteiger partial charge in [-0.2, -0.15) is 0 Å². The van der Waals surface area contributed by atoms with Crippen molar-refractivity contribution < 1.29 is 63.0 Å². The summed E-state index contributed by atoms with van der Waals surface area (Å²) in [6, 6.07) is 7.59. The first-order valence-electron chi connectivity index (χ1n) is 14.0. The fourth-order valence-corrected chi connectivity index (χ4v) is 4.69. The van der Waals surface area contributed by atoms with Gasteiger partial charge < -0.3 is 34.6 Å². The van der Waals surface area contributed by atoms with Crippen molar-refractivity contribution >= 4 is 47.3 Å². The summed E-state index contributed by atoms with van der Waals surface area (Å²) >= 11 is 6.21. The average molecular weight is 693 g/mol. The van der Waals surface area contributed by atoms with Crippen LogP contribution in [0.5, 0.6) is 0 Å². The molecule has 1 aliphatic heterocycles. The van der Waals surface area contributed by atoms with E-state index in [0.717, 1.165) is 0 Å². The van der Waals surface area contributed by atoms with Gasteiger partial charge in [-0.15, -0.1) is 0 Å². The van der Waals surface area contributed by atoms with Gasteiger partial charge in [0, 0.05) is 35.1 Å². The minimum atomic E-state index is -2.74. The first kappa shape index (κ1) is 37.0. The highest BCUT2D eigenvalue weighted by Gasteiger charge is 2.40. The summed E-state index contributed by atoms with van der Waals surface area (Å²) in [5, 5.41) is 34.0. The number of rotatable bonds is 12. The second-order valence-electron chi connectivity index (χ2n) is 10.1. The number of carbonyl (C=O) groups excluding carboxylic acids is 2. The summed E-state index contributed by atoms with van der Waals surface area (Å²) < 4.78 is 31.2. The predicted octanol–water partition coefficient (Wildman–Crippen LogP) is 3.47. The van der Waals surface area contributed by atoms with Crippen LogP contribution in [-0.4, -0.2) is 89.7 Å². The lowest BCUT2D eigenvalue weighted by Crippen LogP contribution is -2.42. The Kier molecular flexibility index (Phi) is 12.7. The highest BCUT2D eigenvalue weighted by atomic mass is 35.5. The quantitative estimate of drug-likeness (QED) is 0.157. The number of carbonyl (C=O) groups is 5. The molecule has 0 unspecified atom stereocenters. The number of pyridine rings is 1. The molecule has 2 aromatic heterocycles. The minimum Gasteiger partial charge on any atom is -0.481 e. The lowest BCUT2D eigenvalue weighted by molar-refractivity contribution is -0.170. The summed E-state index contributed by atoms with van der Waals surface area (Å²) in [6.45, 7) is 3.01. The number of aliphatic imine (C=N–C) groups is 1. The molecule has 0 aliphatic carbocycles. The van der Waals surface area contributed by atoms with Crippen LogP contribution < -0.4 is 0 Å². The second-order valence-corrected chi connectivity index (χ2v) is 10.5. The third-order valence-corrected chi connectivity index (χ3v) is 6.75. The highest BCUT2D eigenvalue weighted by Crippen LogP contribution is 2.36. The zero-order chi connectivity index (χ0) is 35.6. The molecule has 1 atom stereocenters. The first-order chi connectivity index (χ1) is 22.7. The average Bonchev–Trinajstić information content (AvgIpc) is 3.30. The van der Waals surface area contributed by atoms with Crippen molar-refractivity contribution in [1.82, 2.24) is 14.5 Å². The van der Waals surface area contributed by atoms with E-state index in [1.54, 1.807) is 55.1 Å². The van der Waals surface area contributed by atoms with E-state index in [0.29, 0.717) is 28.5 Å². The van der Waals surface area contributed by atoms with Gasteiger partial charge in [0.2, 0.25) is 6.79 Å². The van der Waals surface area contributed by atoms with Gasteiger partial charge in [-0.3, -0.25) is 28.9 Å². The van der Waals surface area contributed by atoms with Crippen LogP contribution in [-0.2, 0) is 33.4 Å². The monoisotopic (exact) mass is 692 g/mol. The molecule has 18 heteroatoms. The summed E-state index contributed by atoms with van der Waals surface area (Å²) in [4.78, 5) is 67.7. The van der Waals surface area contributed by atoms with Crippen LogP contribution in [0.25, 0.3) is 5.69 Å². The Morgan fingerprint density at radius 2 is 1.71 bits per heavy atom. The smallest absolute Gasteiger partial charge is 0.481 e. The van der Waals surface area contributed by atoms with Crippen molar-refractivity contribution in [3.05, 3.63) is 76.3 Å². The Morgan fingerprint density at radius 3 is 2.29 bits per heavy atom. The normalized spacial score (nSPS) is 13.4. The van der Waals surface area contributed by atoms with Crippen molar-refractivity contribution in [3.63, 3.8) is 0 Å². The molecule has 0 bridgehead atoms. The Hall–Kier alpha value is -5.42.